The Hall–Kier alpha value is -0.110. The van der Waals surface area contributed by atoms with Crippen molar-refractivity contribution in [2.45, 2.75) is 0 Å². The monoisotopic (exact) mass is 172 g/mol. The molecule has 0 aliphatic heterocycles. The summed E-state index contributed by atoms with van der Waals surface area (Å²) in [5.74, 6) is 0. The average molecular weight is 172 g/mol. The van der Waals surface area contributed by atoms with Crippen molar-refractivity contribution >= 4 is 0 Å². The van der Waals surface area contributed by atoms with Gasteiger partial charge in [0, 0.05) is 34.8 Å². The third-order valence-electron chi connectivity index (χ3n) is 0.566. The predicted molar refractivity (Wildman–Crippen MR) is 24.2 cm³/mol. The fourth-order valence-corrected chi connectivity index (χ4v) is 0.313. The zero-order valence-electron chi connectivity index (χ0n) is 3.78. The molecule has 1 nitrogen and oxygen atoms in total. The topological polar surface area (TPSA) is 12.9 Å². The maximum absolute atomic E-state index is 3.78. The predicted octanol–water partition coefficient (Wildman–Crippen LogP) is 1.08. The van der Waals surface area contributed by atoms with Crippen LogP contribution in [0.25, 0.3) is 0 Å². The van der Waals surface area contributed by atoms with E-state index < -0.39 is 0 Å². The molecule has 0 N–H and O–H groups in total. The van der Waals surface area contributed by atoms with Gasteiger partial charge in [0.1, 0.15) is 0 Å². The fourth-order valence-electron chi connectivity index (χ4n) is 0.313. The molecule has 0 atom stereocenters. The van der Waals surface area contributed by atoms with Gasteiger partial charge in [0.05, 0.1) is 0 Å². The minimum Gasteiger partial charge on any atom is -0.265 e. The first-order valence-electron chi connectivity index (χ1n) is 1.85. The van der Waals surface area contributed by atoms with Crippen molar-refractivity contribution in [2.24, 2.45) is 0 Å². The number of rotatable bonds is 0. The molecule has 1 heterocycles. The Balaban J connectivity index is 0.000000360. The van der Waals surface area contributed by atoms with E-state index in [1.54, 1.807) is 12.4 Å². The zero-order valence-corrected chi connectivity index (χ0v) is 5.98. The van der Waals surface area contributed by atoms with Gasteiger partial charge in [-0.15, -0.1) is 0 Å². The van der Waals surface area contributed by atoms with Crippen LogP contribution in [0.4, 0.5) is 0 Å². The van der Waals surface area contributed by atoms with Crippen molar-refractivity contribution in [1.82, 2.24) is 4.98 Å². The minimum atomic E-state index is 0. The second kappa shape index (κ2) is 4.06. The van der Waals surface area contributed by atoms with Crippen molar-refractivity contribution in [2.75, 3.05) is 0 Å². The molecule has 0 aromatic carbocycles. The third-order valence-corrected chi connectivity index (χ3v) is 0.566. The number of hydrogen-bond donors (Lipinski definition) is 0. The van der Waals surface area contributed by atoms with E-state index in [4.69, 9.17) is 0 Å². The molecule has 0 saturated heterocycles. The van der Waals surface area contributed by atoms with E-state index in [0.29, 0.717) is 0 Å². The molecule has 0 unspecified atom stereocenters. The van der Waals surface area contributed by atoms with Crippen molar-refractivity contribution in [3.8, 4) is 0 Å². The van der Waals surface area contributed by atoms with Crippen molar-refractivity contribution in [1.29, 1.82) is 0 Å². The summed E-state index contributed by atoms with van der Waals surface area (Å²) >= 11 is 0. The van der Waals surface area contributed by atoms with Crippen LogP contribution in [0.15, 0.2) is 30.6 Å². The van der Waals surface area contributed by atoms with Crippen molar-refractivity contribution < 1.29 is 22.4 Å². The van der Waals surface area contributed by atoms with Gasteiger partial charge in [-0.2, -0.15) is 0 Å². The van der Waals surface area contributed by atoms with E-state index in [1.165, 1.54) is 0 Å². The summed E-state index contributed by atoms with van der Waals surface area (Å²) in [6.07, 6.45) is 3.50. The molecule has 1 radical (unpaired) electrons. The van der Waals surface area contributed by atoms with Gasteiger partial charge in [0.25, 0.3) is 0 Å². The van der Waals surface area contributed by atoms with Crippen molar-refractivity contribution in [3.05, 3.63) is 30.6 Å². The molecule has 0 aliphatic rings. The molecule has 1 rings (SSSR count). The second-order valence-corrected chi connectivity index (χ2v) is 1.02. The van der Waals surface area contributed by atoms with E-state index in [1.807, 2.05) is 18.2 Å². The second-order valence-electron chi connectivity index (χ2n) is 1.02. The van der Waals surface area contributed by atoms with Crippen LogP contribution in [0.5, 0.6) is 0 Å². The average Bonchev–Trinajstić information content (AvgIpc) is 1.72. The van der Waals surface area contributed by atoms with Gasteiger partial charge in [-0.3, -0.25) is 4.98 Å². The third kappa shape index (κ3) is 2.57. The quantitative estimate of drug-likeness (QED) is 0.533. The molecule has 2 heteroatoms. The number of nitrogens with zero attached hydrogens (tertiary/aromatic N) is 1. The molecular weight excluding hydrogens is 167 g/mol. The van der Waals surface area contributed by atoms with Crippen LogP contribution >= 0.6 is 0 Å². The summed E-state index contributed by atoms with van der Waals surface area (Å²) in [5, 5.41) is 0. The molecule has 0 bridgehead atoms. The van der Waals surface area contributed by atoms with Crippen LogP contribution in [0.2, 0.25) is 0 Å². The van der Waals surface area contributed by atoms with Gasteiger partial charge in [-0.1, -0.05) is 6.07 Å². The maximum atomic E-state index is 3.78. The summed E-state index contributed by atoms with van der Waals surface area (Å²) in [4.78, 5) is 3.78. The Bertz CT molecular complexity index is 80.0. The van der Waals surface area contributed by atoms with E-state index in [-0.39, 0.29) is 22.4 Å². The summed E-state index contributed by atoms with van der Waals surface area (Å²) in [7, 11) is 0. The van der Waals surface area contributed by atoms with Gasteiger partial charge in [-0.05, 0) is 12.1 Å². The SMILES string of the molecule is [Nb].c1ccncc1. The van der Waals surface area contributed by atoms with Gasteiger partial charge < -0.3 is 0 Å². The van der Waals surface area contributed by atoms with Crippen LogP contribution in [0.3, 0.4) is 0 Å². The van der Waals surface area contributed by atoms with E-state index >= 15 is 0 Å². The first-order valence-corrected chi connectivity index (χ1v) is 1.85. The molecule has 0 fully saturated rings. The number of pyridine rings is 1. The van der Waals surface area contributed by atoms with Gasteiger partial charge >= 0.3 is 0 Å². The van der Waals surface area contributed by atoms with Gasteiger partial charge in [0.15, 0.2) is 0 Å². The Morgan fingerprint density at radius 1 is 0.857 bits per heavy atom. The first-order chi connectivity index (χ1) is 3.00. The molecule has 0 saturated carbocycles. The fraction of sp³-hybridized carbons (Fsp3) is 0. The molecule has 35 valence electrons. The molecule has 1 aromatic heterocycles. The summed E-state index contributed by atoms with van der Waals surface area (Å²) in [6, 6.07) is 5.72. The van der Waals surface area contributed by atoms with Crippen molar-refractivity contribution in [3.63, 3.8) is 0 Å². The number of hydrogen-bond acceptors (Lipinski definition) is 1. The van der Waals surface area contributed by atoms with Gasteiger partial charge in [-0.25, -0.2) is 0 Å². The normalized spacial score (nSPS) is 6.86. The summed E-state index contributed by atoms with van der Waals surface area (Å²) in [6.45, 7) is 0. The Labute approximate surface area is 58.3 Å². The zero-order chi connectivity index (χ0) is 4.24. The summed E-state index contributed by atoms with van der Waals surface area (Å²) < 4.78 is 0. The van der Waals surface area contributed by atoms with Crippen LogP contribution in [-0.2, 0) is 22.4 Å². The van der Waals surface area contributed by atoms with Crippen LogP contribution in [0.1, 0.15) is 0 Å². The van der Waals surface area contributed by atoms with Gasteiger partial charge in [0.2, 0.25) is 0 Å². The largest absolute Gasteiger partial charge is 0.265 e. The number of aromatic nitrogens is 1. The maximum Gasteiger partial charge on any atom is 0.0267 e. The Morgan fingerprint density at radius 3 is 1.57 bits per heavy atom. The van der Waals surface area contributed by atoms with E-state index in [2.05, 4.69) is 4.98 Å². The molecule has 0 amide bonds. The standard InChI is InChI=1S/C5H5N.Nb/c1-2-4-6-5-3-1;/h1-5H;. The molecule has 0 aliphatic carbocycles. The molecular formula is C5H5NNb. The summed E-state index contributed by atoms with van der Waals surface area (Å²) in [5.41, 5.74) is 0. The van der Waals surface area contributed by atoms with Crippen LogP contribution in [0, 0.1) is 0 Å². The van der Waals surface area contributed by atoms with E-state index in [0.717, 1.165) is 0 Å². The first kappa shape index (κ1) is 6.89. The van der Waals surface area contributed by atoms with Crippen LogP contribution < -0.4 is 0 Å². The molecule has 1 aromatic rings. The van der Waals surface area contributed by atoms with Crippen LogP contribution in [-0.4, -0.2) is 4.98 Å². The van der Waals surface area contributed by atoms with E-state index in [9.17, 15) is 0 Å². The smallest absolute Gasteiger partial charge is 0.0267 e. The minimum absolute atomic E-state index is 0. The Morgan fingerprint density at radius 2 is 1.43 bits per heavy atom. The molecule has 7 heavy (non-hydrogen) atoms. The molecule has 0 spiro atoms. The Kier molecular flexibility index (Phi) is 4.00.